The molecule has 0 amide bonds. The Balaban J connectivity index is 1.59. The normalized spacial score (nSPS) is 11.0. The zero-order chi connectivity index (χ0) is 17.2. The summed E-state index contributed by atoms with van der Waals surface area (Å²) in [6.45, 7) is 0. The first-order chi connectivity index (χ1) is 12.3. The second-order valence-corrected chi connectivity index (χ2v) is 5.49. The van der Waals surface area contributed by atoms with Crippen LogP contribution in [0.2, 0.25) is 0 Å². The number of aromatic nitrogens is 4. The molecule has 0 N–H and O–H groups in total. The van der Waals surface area contributed by atoms with Gasteiger partial charge in [0.1, 0.15) is 5.65 Å². The molecule has 0 fully saturated rings. The van der Waals surface area contributed by atoms with E-state index >= 15 is 0 Å². The molecule has 3 aromatic heterocycles. The highest BCUT2D eigenvalue weighted by molar-refractivity contribution is 5.59. The number of ether oxygens (including phenoxy) is 2. The first-order valence-corrected chi connectivity index (χ1v) is 7.73. The van der Waals surface area contributed by atoms with Crippen molar-refractivity contribution in [3.8, 4) is 23.0 Å². The predicted molar refractivity (Wildman–Crippen MR) is 90.8 cm³/mol. The summed E-state index contributed by atoms with van der Waals surface area (Å²) in [6.07, 6.45) is 6.08. The maximum absolute atomic E-state index is 5.40. The number of hydrogen-bond acceptors (Lipinski definition) is 6. The summed E-state index contributed by atoms with van der Waals surface area (Å²) < 4.78 is 17.9. The Morgan fingerprint density at radius 2 is 1.92 bits per heavy atom. The number of pyridine rings is 1. The van der Waals surface area contributed by atoms with Gasteiger partial charge in [0, 0.05) is 30.6 Å². The number of rotatable bonds is 5. The molecule has 25 heavy (non-hydrogen) atoms. The molecule has 0 unspecified atom stereocenters. The van der Waals surface area contributed by atoms with Crippen LogP contribution < -0.4 is 9.47 Å². The summed E-state index contributed by atoms with van der Waals surface area (Å²) in [4.78, 5) is 8.74. The minimum Gasteiger partial charge on any atom is -0.493 e. The van der Waals surface area contributed by atoms with Gasteiger partial charge < -0.3 is 18.4 Å². The monoisotopic (exact) mass is 336 g/mol. The van der Waals surface area contributed by atoms with Crippen molar-refractivity contribution in [3.05, 3.63) is 60.3 Å². The maximum atomic E-state index is 5.40. The molecule has 0 aliphatic rings. The highest BCUT2D eigenvalue weighted by atomic mass is 16.5. The average Bonchev–Trinajstić information content (AvgIpc) is 3.30. The van der Waals surface area contributed by atoms with E-state index in [1.807, 2.05) is 47.1 Å². The first kappa shape index (κ1) is 15.2. The molecule has 1 aromatic carbocycles. The predicted octanol–water partition coefficient (Wildman–Crippen LogP) is 2.99. The molecule has 0 saturated carbocycles. The van der Waals surface area contributed by atoms with E-state index in [1.54, 1.807) is 20.4 Å². The summed E-state index contributed by atoms with van der Waals surface area (Å²) in [7, 11) is 3.22. The Morgan fingerprint density at radius 1 is 1.04 bits per heavy atom. The van der Waals surface area contributed by atoms with Crippen molar-refractivity contribution in [1.29, 1.82) is 0 Å². The maximum Gasteiger partial charge on any atom is 0.258 e. The molecular weight excluding hydrogens is 320 g/mol. The fourth-order valence-electron chi connectivity index (χ4n) is 2.66. The van der Waals surface area contributed by atoms with Crippen LogP contribution in [0.1, 0.15) is 11.4 Å². The van der Waals surface area contributed by atoms with Crippen molar-refractivity contribution in [2.45, 2.75) is 6.42 Å². The van der Waals surface area contributed by atoms with Crippen LogP contribution in [-0.2, 0) is 6.42 Å². The summed E-state index contributed by atoms with van der Waals surface area (Å²) in [5.74, 6) is 2.44. The lowest BCUT2D eigenvalue weighted by Crippen LogP contribution is -1.95. The third kappa shape index (κ3) is 2.91. The largest absolute Gasteiger partial charge is 0.493 e. The smallest absolute Gasteiger partial charge is 0.258 e. The van der Waals surface area contributed by atoms with Crippen LogP contribution in [0.4, 0.5) is 0 Å². The van der Waals surface area contributed by atoms with Crippen LogP contribution in [0.15, 0.2) is 53.4 Å². The van der Waals surface area contributed by atoms with Crippen LogP contribution in [0.5, 0.6) is 11.5 Å². The van der Waals surface area contributed by atoms with Crippen molar-refractivity contribution >= 4 is 5.65 Å². The van der Waals surface area contributed by atoms with Crippen molar-refractivity contribution < 1.29 is 14.0 Å². The van der Waals surface area contributed by atoms with Gasteiger partial charge in [-0.15, -0.1) is 0 Å². The third-order valence-corrected chi connectivity index (χ3v) is 3.92. The van der Waals surface area contributed by atoms with Gasteiger partial charge in [0.05, 0.1) is 14.2 Å². The second kappa shape index (κ2) is 6.27. The molecule has 0 aliphatic carbocycles. The van der Waals surface area contributed by atoms with Crippen molar-refractivity contribution in [2.24, 2.45) is 0 Å². The number of imidazole rings is 1. The van der Waals surface area contributed by atoms with Crippen LogP contribution >= 0.6 is 0 Å². The van der Waals surface area contributed by atoms with E-state index in [0.29, 0.717) is 29.6 Å². The lowest BCUT2D eigenvalue weighted by atomic mass is 10.1. The second-order valence-electron chi connectivity index (χ2n) is 5.49. The topological polar surface area (TPSA) is 74.7 Å². The SMILES string of the molecule is COc1ccc(Cc2noc(-c3ccn4ccnc4c3)n2)cc1OC. The number of benzene rings is 1. The molecular formula is C18H16N4O3. The molecule has 7 nitrogen and oxygen atoms in total. The lowest BCUT2D eigenvalue weighted by molar-refractivity contribution is 0.354. The minimum atomic E-state index is 0.473. The summed E-state index contributed by atoms with van der Waals surface area (Å²) >= 11 is 0. The minimum absolute atomic E-state index is 0.473. The number of fused-ring (bicyclic) bond motifs is 1. The van der Waals surface area contributed by atoms with Crippen molar-refractivity contribution in [1.82, 2.24) is 19.5 Å². The lowest BCUT2D eigenvalue weighted by Gasteiger charge is -2.08. The van der Waals surface area contributed by atoms with Crippen LogP contribution in [-0.4, -0.2) is 33.7 Å². The Hall–Kier alpha value is -3.35. The number of methoxy groups -OCH3 is 2. The summed E-state index contributed by atoms with van der Waals surface area (Å²) in [6, 6.07) is 9.55. The van der Waals surface area contributed by atoms with Crippen LogP contribution in [0, 0.1) is 0 Å². The fourth-order valence-corrected chi connectivity index (χ4v) is 2.66. The average molecular weight is 336 g/mol. The zero-order valence-electron chi connectivity index (χ0n) is 13.8. The quantitative estimate of drug-likeness (QED) is 0.558. The van der Waals surface area contributed by atoms with Gasteiger partial charge >= 0.3 is 0 Å². The number of hydrogen-bond donors (Lipinski definition) is 0. The van der Waals surface area contributed by atoms with E-state index in [0.717, 1.165) is 16.8 Å². The van der Waals surface area contributed by atoms with E-state index in [1.165, 1.54) is 0 Å². The Morgan fingerprint density at radius 3 is 2.76 bits per heavy atom. The van der Waals surface area contributed by atoms with E-state index in [4.69, 9.17) is 14.0 Å². The van der Waals surface area contributed by atoms with E-state index in [-0.39, 0.29) is 0 Å². The molecule has 0 bridgehead atoms. The molecule has 0 spiro atoms. The molecule has 3 heterocycles. The highest BCUT2D eigenvalue weighted by Crippen LogP contribution is 2.28. The van der Waals surface area contributed by atoms with E-state index < -0.39 is 0 Å². The van der Waals surface area contributed by atoms with Crippen molar-refractivity contribution in [2.75, 3.05) is 14.2 Å². The molecule has 7 heteroatoms. The Kier molecular flexibility index (Phi) is 3.81. The molecule has 4 aromatic rings. The van der Waals surface area contributed by atoms with Gasteiger partial charge in [0.2, 0.25) is 0 Å². The van der Waals surface area contributed by atoms with E-state index in [9.17, 15) is 0 Å². The van der Waals surface area contributed by atoms with E-state index in [2.05, 4.69) is 15.1 Å². The van der Waals surface area contributed by atoms with Crippen molar-refractivity contribution in [3.63, 3.8) is 0 Å². The van der Waals surface area contributed by atoms with Gasteiger partial charge in [-0.05, 0) is 29.8 Å². The fraction of sp³-hybridized carbons (Fsp3) is 0.167. The first-order valence-electron chi connectivity index (χ1n) is 7.73. The van der Waals surface area contributed by atoms with Gasteiger partial charge in [0.25, 0.3) is 5.89 Å². The van der Waals surface area contributed by atoms with Gasteiger partial charge in [-0.2, -0.15) is 4.98 Å². The van der Waals surface area contributed by atoms with Gasteiger partial charge in [0.15, 0.2) is 17.3 Å². The van der Waals surface area contributed by atoms with Gasteiger partial charge in [-0.1, -0.05) is 11.2 Å². The van der Waals surface area contributed by atoms with Gasteiger partial charge in [-0.3, -0.25) is 0 Å². The Bertz CT molecular complexity index is 1020. The Labute approximate surface area is 143 Å². The molecule has 126 valence electrons. The zero-order valence-corrected chi connectivity index (χ0v) is 13.8. The number of nitrogens with zero attached hydrogens (tertiary/aromatic N) is 4. The molecule has 4 rings (SSSR count). The summed E-state index contributed by atoms with van der Waals surface area (Å²) in [5.41, 5.74) is 2.68. The molecule has 0 radical (unpaired) electrons. The third-order valence-electron chi connectivity index (χ3n) is 3.92. The van der Waals surface area contributed by atoms with Crippen LogP contribution in [0.25, 0.3) is 17.1 Å². The standard InChI is InChI=1S/C18H16N4O3/c1-23-14-4-3-12(9-15(14)24-2)10-16-20-18(25-21-16)13-5-7-22-8-6-19-17(22)11-13/h3-9,11H,10H2,1-2H3. The molecule has 0 aliphatic heterocycles. The molecule has 0 saturated heterocycles. The van der Waals surface area contributed by atoms with Crippen LogP contribution in [0.3, 0.4) is 0 Å². The summed E-state index contributed by atoms with van der Waals surface area (Å²) in [5, 5.41) is 4.07. The molecule has 0 atom stereocenters. The van der Waals surface area contributed by atoms with Gasteiger partial charge in [-0.25, -0.2) is 4.98 Å². The highest BCUT2D eigenvalue weighted by Gasteiger charge is 2.12.